The second-order valence-electron chi connectivity index (χ2n) is 4.10. The summed E-state index contributed by atoms with van der Waals surface area (Å²) in [6.07, 6.45) is 3.23. The lowest BCUT2D eigenvalue weighted by Crippen LogP contribution is -1.95. The van der Waals surface area contributed by atoms with Gasteiger partial charge in [-0.05, 0) is 12.1 Å². The minimum atomic E-state index is -0.428. The van der Waals surface area contributed by atoms with E-state index < -0.39 is 4.92 Å². The third-order valence-electron chi connectivity index (χ3n) is 2.95. The zero-order valence-corrected chi connectivity index (χ0v) is 10.6. The number of aromatic nitrogens is 3. The Balaban J connectivity index is 2.14. The second-order valence-corrected chi connectivity index (χ2v) is 4.10. The molecule has 100 valence electrons. The fourth-order valence-electron chi connectivity index (χ4n) is 1.95. The van der Waals surface area contributed by atoms with Crippen LogP contribution in [-0.2, 0) is 0 Å². The van der Waals surface area contributed by atoms with E-state index in [0.29, 0.717) is 16.9 Å². The SMILES string of the molecule is COc1ccc(-n2cnc3ccc([N+](=O)[O-])cc32)cn1. The van der Waals surface area contributed by atoms with Crippen LogP contribution >= 0.6 is 0 Å². The number of nitro benzene ring substituents is 1. The molecular weight excluding hydrogens is 260 g/mol. The average molecular weight is 270 g/mol. The number of hydrogen-bond acceptors (Lipinski definition) is 5. The predicted molar refractivity (Wildman–Crippen MR) is 72.1 cm³/mol. The van der Waals surface area contributed by atoms with Gasteiger partial charge in [0, 0.05) is 18.2 Å². The molecule has 0 unspecified atom stereocenters. The van der Waals surface area contributed by atoms with Crippen LogP contribution in [0.5, 0.6) is 5.88 Å². The number of hydrogen-bond donors (Lipinski definition) is 0. The van der Waals surface area contributed by atoms with Crippen molar-refractivity contribution in [2.45, 2.75) is 0 Å². The number of fused-ring (bicyclic) bond motifs is 1. The van der Waals surface area contributed by atoms with Crippen molar-refractivity contribution in [1.29, 1.82) is 0 Å². The first-order valence-electron chi connectivity index (χ1n) is 5.81. The van der Waals surface area contributed by atoms with Gasteiger partial charge in [0.05, 0.1) is 35.0 Å². The van der Waals surface area contributed by atoms with E-state index in [1.807, 2.05) is 6.07 Å². The van der Waals surface area contributed by atoms with E-state index in [9.17, 15) is 10.1 Å². The summed E-state index contributed by atoms with van der Waals surface area (Å²) in [7, 11) is 1.54. The highest BCUT2D eigenvalue weighted by molar-refractivity contribution is 5.79. The van der Waals surface area contributed by atoms with Crippen molar-refractivity contribution >= 4 is 16.7 Å². The number of methoxy groups -OCH3 is 1. The number of nitro groups is 1. The molecule has 20 heavy (non-hydrogen) atoms. The lowest BCUT2D eigenvalue weighted by atomic mass is 10.2. The van der Waals surface area contributed by atoms with E-state index in [1.54, 1.807) is 29.2 Å². The Morgan fingerprint density at radius 3 is 2.75 bits per heavy atom. The number of rotatable bonds is 3. The summed E-state index contributed by atoms with van der Waals surface area (Å²) in [6, 6.07) is 8.09. The number of nitrogens with zero attached hydrogens (tertiary/aromatic N) is 4. The molecule has 3 rings (SSSR count). The van der Waals surface area contributed by atoms with Gasteiger partial charge in [0.15, 0.2) is 0 Å². The van der Waals surface area contributed by atoms with E-state index in [4.69, 9.17) is 4.74 Å². The molecule has 0 bridgehead atoms. The van der Waals surface area contributed by atoms with Crippen molar-refractivity contribution in [2.24, 2.45) is 0 Å². The highest BCUT2D eigenvalue weighted by Gasteiger charge is 2.11. The minimum absolute atomic E-state index is 0.0284. The summed E-state index contributed by atoms with van der Waals surface area (Å²) in [6.45, 7) is 0. The molecule has 3 aromatic rings. The van der Waals surface area contributed by atoms with E-state index in [-0.39, 0.29) is 5.69 Å². The van der Waals surface area contributed by atoms with E-state index >= 15 is 0 Å². The summed E-state index contributed by atoms with van der Waals surface area (Å²) in [4.78, 5) is 18.7. The normalized spacial score (nSPS) is 10.7. The van der Waals surface area contributed by atoms with Crippen LogP contribution in [0.3, 0.4) is 0 Å². The molecular formula is C13H10N4O3. The lowest BCUT2D eigenvalue weighted by Gasteiger charge is -2.04. The van der Waals surface area contributed by atoms with Gasteiger partial charge in [-0.25, -0.2) is 9.97 Å². The van der Waals surface area contributed by atoms with Crippen molar-refractivity contribution in [1.82, 2.24) is 14.5 Å². The van der Waals surface area contributed by atoms with Gasteiger partial charge < -0.3 is 4.74 Å². The van der Waals surface area contributed by atoms with Crippen molar-refractivity contribution in [3.05, 3.63) is 53.0 Å². The van der Waals surface area contributed by atoms with Crippen LogP contribution in [0.25, 0.3) is 16.7 Å². The van der Waals surface area contributed by atoms with Gasteiger partial charge in [-0.2, -0.15) is 0 Å². The third-order valence-corrected chi connectivity index (χ3v) is 2.95. The van der Waals surface area contributed by atoms with Crippen molar-refractivity contribution in [2.75, 3.05) is 7.11 Å². The van der Waals surface area contributed by atoms with E-state index in [1.165, 1.54) is 19.2 Å². The maximum absolute atomic E-state index is 10.8. The van der Waals surface area contributed by atoms with Gasteiger partial charge in [-0.15, -0.1) is 0 Å². The summed E-state index contributed by atoms with van der Waals surface area (Å²) in [5.41, 5.74) is 2.13. The van der Waals surface area contributed by atoms with Crippen LogP contribution in [0.1, 0.15) is 0 Å². The van der Waals surface area contributed by atoms with Crippen LogP contribution < -0.4 is 4.74 Å². The molecule has 0 radical (unpaired) electrons. The maximum Gasteiger partial charge on any atom is 0.271 e. The average Bonchev–Trinajstić information content (AvgIpc) is 2.90. The monoisotopic (exact) mass is 270 g/mol. The van der Waals surface area contributed by atoms with Crippen LogP contribution in [0.15, 0.2) is 42.9 Å². The van der Waals surface area contributed by atoms with Gasteiger partial charge in [0.1, 0.15) is 6.33 Å². The number of benzene rings is 1. The Hall–Kier alpha value is -2.96. The molecule has 0 saturated heterocycles. The van der Waals surface area contributed by atoms with Gasteiger partial charge in [0.2, 0.25) is 5.88 Å². The molecule has 7 nitrogen and oxygen atoms in total. The minimum Gasteiger partial charge on any atom is -0.481 e. The molecule has 0 saturated carbocycles. The summed E-state index contributed by atoms with van der Waals surface area (Å²) in [5, 5.41) is 10.8. The topological polar surface area (TPSA) is 83.1 Å². The summed E-state index contributed by atoms with van der Waals surface area (Å²) < 4.78 is 6.74. The summed E-state index contributed by atoms with van der Waals surface area (Å²) in [5.74, 6) is 0.504. The van der Waals surface area contributed by atoms with Crippen molar-refractivity contribution in [3.8, 4) is 11.6 Å². The molecule has 2 heterocycles. The number of pyridine rings is 1. The molecule has 1 aromatic carbocycles. The molecule has 0 aliphatic heterocycles. The zero-order chi connectivity index (χ0) is 14.1. The highest BCUT2D eigenvalue weighted by Crippen LogP contribution is 2.23. The molecule has 0 N–H and O–H groups in total. The first kappa shape index (κ1) is 12.1. The lowest BCUT2D eigenvalue weighted by molar-refractivity contribution is -0.384. The predicted octanol–water partition coefficient (Wildman–Crippen LogP) is 2.34. The molecule has 0 aliphatic rings. The third kappa shape index (κ3) is 1.95. The Kier molecular flexibility index (Phi) is 2.79. The Morgan fingerprint density at radius 1 is 1.25 bits per heavy atom. The fourth-order valence-corrected chi connectivity index (χ4v) is 1.95. The Morgan fingerprint density at radius 2 is 2.10 bits per heavy atom. The van der Waals surface area contributed by atoms with Crippen molar-refractivity contribution < 1.29 is 9.66 Å². The largest absolute Gasteiger partial charge is 0.481 e. The zero-order valence-electron chi connectivity index (χ0n) is 10.6. The van der Waals surface area contributed by atoms with Gasteiger partial charge in [0.25, 0.3) is 5.69 Å². The van der Waals surface area contributed by atoms with Crippen LogP contribution in [0, 0.1) is 10.1 Å². The molecule has 0 spiro atoms. The number of imidazole rings is 1. The Bertz CT molecular complexity index is 780. The number of non-ortho nitro benzene ring substituents is 1. The quantitative estimate of drug-likeness (QED) is 0.538. The van der Waals surface area contributed by atoms with Crippen molar-refractivity contribution in [3.63, 3.8) is 0 Å². The van der Waals surface area contributed by atoms with Crippen LogP contribution in [0.4, 0.5) is 5.69 Å². The molecule has 0 fully saturated rings. The van der Waals surface area contributed by atoms with Crippen LogP contribution in [-0.4, -0.2) is 26.6 Å². The smallest absolute Gasteiger partial charge is 0.271 e. The van der Waals surface area contributed by atoms with Crippen LogP contribution in [0.2, 0.25) is 0 Å². The second kappa shape index (κ2) is 4.61. The van der Waals surface area contributed by atoms with E-state index in [2.05, 4.69) is 9.97 Å². The van der Waals surface area contributed by atoms with Gasteiger partial charge in [-0.3, -0.25) is 14.7 Å². The first-order valence-corrected chi connectivity index (χ1v) is 5.81. The first-order chi connectivity index (χ1) is 9.69. The maximum atomic E-state index is 10.8. The summed E-state index contributed by atoms with van der Waals surface area (Å²) >= 11 is 0. The molecule has 0 atom stereocenters. The van der Waals surface area contributed by atoms with Gasteiger partial charge >= 0.3 is 0 Å². The van der Waals surface area contributed by atoms with Gasteiger partial charge in [-0.1, -0.05) is 0 Å². The highest BCUT2D eigenvalue weighted by atomic mass is 16.6. The Labute approximate surface area is 113 Å². The molecule has 0 aliphatic carbocycles. The molecule has 7 heteroatoms. The molecule has 0 amide bonds. The standard InChI is InChI=1S/C13H10N4O3/c1-20-13-5-3-10(7-14-13)16-8-15-11-4-2-9(17(18)19)6-12(11)16/h2-8H,1H3. The van der Waals surface area contributed by atoms with E-state index in [0.717, 1.165) is 5.69 Å². The molecule has 2 aromatic heterocycles. The fraction of sp³-hybridized carbons (Fsp3) is 0.0769. The number of ether oxygens (including phenoxy) is 1.